The monoisotopic (exact) mass is 482 g/mol. The van der Waals surface area contributed by atoms with Crippen LogP contribution in [-0.2, 0) is 16.6 Å². The molecule has 0 spiro atoms. The van der Waals surface area contributed by atoms with Gasteiger partial charge in [0.15, 0.2) is 0 Å². The molecule has 0 aliphatic carbocycles. The zero-order valence-corrected chi connectivity index (χ0v) is 19.7. The van der Waals surface area contributed by atoms with E-state index in [1.54, 1.807) is 0 Å². The molecule has 3 rings (SSSR count). The summed E-state index contributed by atoms with van der Waals surface area (Å²) in [5.74, 6) is -0.267. The number of nitrogens with zero attached hydrogens (tertiary/aromatic N) is 2. The van der Waals surface area contributed by atoms with Crippen LogP contribution in [0.2, 0.25) is 0 Å². The highest BCUT2D eigenvalue weighted by molar-refractivity contribution is 7.92. The number of anilines is 1. The van der Waals surface area contributed by atoms with E-state index >= 15 is 0 Å². The van der Waals surface area contributed by atoms with Crippen LogP contribution in [0.3, 0.4) is 0 Å². The number of carbonyl (C=O) groups excluding carboxylic acids is 1. The minimum Gasteiger partial charge on any atom is -0.351 e. The van der Waals surface area contributed by atoms with E-state index in [0.29, 0.717) is 24.2 Å². The molecule has 178 valence electrons. The van der Waals surface area contributed by atoms with Gasteiger partial charge in [-0.15, -0.1) is 0 Å². The first kappa shape index (κ1) is 24.9. The number of likely N-dealkylation sites (N-methyl/N-ethyl adjacent to an activating group) is 1. The van der Waals surface area contributed by atoms with E-state index in [1.165, 1.54) is 48.9 Å². The van der Waals surface area contributed by atoms with Gasteiger partial charge >= 0.3 is 0 Å². The summed E-state index contributed by atoms with van der Waals surface area (Å²) in [4.78, 5) is 24.8. The fraction of sp³-hybridized carbons (Fsp3) is 0.208. The minimum absolute atomic E-state index is 0.216. The highest BCUT2D eigenvalue weighted by atomic mass is 32.2. The Balaban J connectivity index is 1.55. The van der Waals surface area contributed by atoms with Crippen LogP contribution < -0.4 is 10.0 Å². The second-order valence-electron chi connectivity index (χ2n) is 7.87. The van der Waals surface area contributed by atoms with Gasteiger partial charge in [-0.3, -0.25) is 19.6 Å². The number of carbonyl (C=O) groups is 1. The van der Waals surface area contributed by atoms with Crippen LogP contribution in [-0.4, -0.2) is 44.3 Å². The van der Waals surface area contributed by atoms with Crippen LogP contribution in [0.25, 0.3) is 0 Å². The molecule has 9 nitrogen and oxygen atoms in total. The number of rotatable bonds is 10. The largest absolute Gasteiger partial charge is 0.351 e. The van der Waals surface area contributed by atoms with Crippen molar-refractivity contribution in [3.05, 3.63) is 99.6 Å². The summed E-state index contributed by atoms with van der Waals surface area (Å²) >= 11 is 0. The van der Waals surface area contributed by atoms with Gasteiger partial charge in [-0.25, -0.2) is 8.42 Å². The molecule has 0 bridgehead atoms. The lowest BCUT2D eigenvalue weighted by molar-refractivity contribution is -0.385. The van der Waals surface area contributed by atoms with Crippen molar-refractivity contribution < 1.29 is 18.1 Å². The maximum absolute atomic E-state index is 12.6. The second-order valence-corrected chi connectivity index (χ2v) is 9.55. The Bertz CT molecular complexity index is 1260. The smallest absolute Gasteiger partial charge is 0.273 e. The average Bonchev–Trinajstić information content (AvgIpc) is 2.80. The number of hydrogen-bond donors (Lipinski definition) is 2. The molecule has 0 radical (unpaired) electrons. The number of aryl methyl sites for hydroxylation is 1. The number of sulfonamides is 1. The Labute approximate surface area is 198 Å². The molecule has 0 heterocycles. The maximum Gasteiger partial charge on any atom is 0.273 e. The SMILES string of the molecule is Cc1ccc(S(=O)(=O)Nc2ccc(C(=O)NCCN(C)Cc3ccccc3)cc2)cc1[N+](=O)[O-]. The predicted molar refractivity (Wildman–Crippen MR) is 130 cm³/mol. The van der Waals surface area contributed by atoms with E-state index in [2.05, 4.69) is 14.9 Å². The van der Waals surface area contributed by atoms with Crippen molar-refractivity contribution in [2.24, 2.45) is 0 Å². The van der Waals surface area contributed by atoms with Gasteiger partial charge in [0.25, 0.3) is 21.6 Å². The third kappa shape index (κ3) is 6.63. The standard InChI is InChI=1S/C24H26N4O5S/c1-18-8-13-22(16-23(18)28(30)31)34(32,33)26-21-11-9-20(10-12-21)24(29)25-14-15-27(2)17-19-6-4-3-5-7-19/h3-13,16,26H,14-15,17H2,1-2H3,(H,25,29). The van der Waals surface area contributed by atoms with Crippen molar-refractivity contribution in [2.75, 3.05) is 24.9 Å². The Morgan fingerprint density at radius 2 is 1.71 bits per heavy atom. The third-order valence-corrected chi connectivity index (χ3v) is 6.54. The first-order valence-electron chi connectivity index (χ1n) is 10.5. The third-order valence-electron chi connectivity index (χ3n) is 5.16. The molecule has 0 fully saturated rings. The Kier molecular flexibility index (Phi) is 7.98. The predicted octanol–water partition coefficient (Wildman–Crippen LogP) is 3.57. The van der Waals surface area contributed by atoms with Crippen molar-refractivity contribution >= 4 is 27.3 Å². The zero-order valence-electron chi connectivity index (χ0n) is 18.9. The topological polar surface area (TPSA) is 122 Å². The minimum atomic E-state index is -4.03. The molecule has 2 N–H and O–H groups in total. The molecule has 3 aromatic carbocycles. The summed E-state index contributed by atoms with van der Waals surface area (Å²) < 4.78 is 27.6. The quantitative estimate of drug-likeness (QED) is 0.337. The van der Waals surface area contributed by atoms with Gasteiger partial charge in [0, 0.05) is 42.5 Å². The molecule has 0 saturated heterocycles. The molecule has 10 heteroatoms. The molecule has 3 aromatic rings. The normalized spacial score (nSPS) is 11.3. The van der Waals surface area contributed by atoms with Gasteiger partial charge in [-0.1, -0.05) is 36.4 Å². The van der Waals surface area contributed by atoms with E-state index in [9.17, 15) is 23.3 Å². The Morgan fingerprint density at radius 1 is 1.03 bits per heavy atom. The fourth-order valence-electron chi connectivity index (χ4n) is 3.29. The van der Waals surface area contributed by atoms with Crippen LogP contribution >= 0.6 is 0 Å². The lowest BCUT2D eigenvalue weighted by Gasteiger charge is -2.17. The van der Waals surface area contributed by atoms with E-state index in [1.807, 2.05) is 37.4 Å². The molecule has 0 aliphatic rings. The Morgan fingerprint density at radius 3 is 2.35 bits per heavy atom. The molecule has 0 aliphatic heterocycles. The molecular formula is C24H26N4O5S. The van der Waals surface area contributed by atoms with Crippen LogP contribution in [0.5, 0.6) is 0 Å². The highest BCUT2D eigenvalue weighted by Crippen LogP contribution is 2.24. The second kappa shape index (κ2) is 10.9. The molecule has 34 heavy (non-hydrogen) atoms. The van der Waals surface area contributed by atoms with Crippen molar-refractivity contribution in [1.29, 1.82) is 0 Å². The average molecular weight is 483 g/mol. The lowest BCUT2D eigenvalue weighted by Crippen LogP contribution is -2.32. The summed E-state index contributed by atoms with van der Waals surface area (Å²) in [5.41, 5.74) is 1.91. The summed E-state index contributed by atoms with van der Waals surface area (Å²) in [6.07, 6.45) is 0. The van der Waals surface area contributed by atoms with Crippen molar-refractivity contribution in [3.8, 4) is 0 Å². The van der Waals surface area contributed by atoms with Crippen LogP contribution in [0.1, 0.15) is 21.5 Å². The lowest BCUT2D eigenvalue weighted by atomic mass is 10.2. The number of nitrogens with one attached hydrogen (secondary N) is 2. The number of hydrogen-bond acceptors (Lipinski definition) is 6. The fourth-order valence-corrected chi connectivity index (χ4v) is 4.37. The summed E-state index contributed by atoms with van der Waals surface area (Å²) in [7, 11) is -2.05. The number of amides is 1. The number of nitro benzene ring substituents is 1. The van der Waals surface area contributed by atoms with Crippen molar-refractivity contribution in [3.63, 3.8) is 0 Å². The summed E-state index contributed by atoms with van der Waals surface area (Å²) in [6.45, 7) is 3.44. The van der Waals surface area contributed by atoms with Crippen LogP contribution in [0, 0.1) is 17.0 Å². The molecule has 0 unspecified atom stereocenters. The molecule has 0 aromatic heterocycles. The summed E-state index contributed by atoms with van der Waals surface area (Å²) in [6, 6.07) is 19.7. The molecular weight excluding hydrogens is 456 g/mol. The van der Waals surface area contributed by atoms with Crippen molar-refractivity contribution in [1.82, 2.24) is 10.2 Å². The summed E-state index contributed by atoms with van der Waals surface area (Å²) in [5, 5.41) is 14.0. The van der Waals surface area contributed by atoms with Crippen LogP contribution in [0.4, 0.5) is 11.4 Å². The first-order valence-corrected chi connectivity index (χ1v) is 12.0. The first-order chi connectivity index (χ1) is 16.2. The van der Waals surface area contributed by atoms with E-state index in [4.69, 9.17) is 0 Å². The van der Waals surface area contributed by atoms with Gasteiger partial charge in [0.05, 0.1) is 9.82 Å². The van der Waals surface area contributed by atoms with Gasteiger partial charge in [-0.05, 0) is 49.9 Å². The molecule has 1 amide bonds. The van der Waals surface area contributed by atoms with E-state index in [-0.39, 0.29) is 22.2 Å². The van der Waals surface area contributed by atoms with E-state index in [0.717, 1.165) is 12.6 Å². The van der Waals surface area contributed by atoms with Gasteiger partial charge in [-0.2, -0.15) is 0 Å². The zero-order chi connectivity index (χ0) is 24.7. The van der Waals surface area contributed by atoms with Gasteiger partial charge < -0.3 is 10.2 Å². The van der Waals surface area contributed by atoms with Crippen LogP contribution in [0.15, 0.2) is 77.7 Å². The number of nitro groups is 1. The highest BCUT2D eigenvalue weighted by Gasteiger charge is 2.20. The number of benzene rings is 3. The van der Waals surface area contributed by atoms with Gasteiger partial charge in [0.1, 0.15) is 0 Å². The maximum atomic E-state index is 12.6. The van der Waals surface area contributed by atoms with E-state index < -0.39 is 14.9 Å². The van der Waals surface area contributed by atoms with Crippen molar-refractivity contribution in [2.45, 2.75) is 18.4 Å². The van der Waals surface area contributed by atoms with Gasteiger partial charge in [0.2, 0.25) is 0 Å². The molecule has 0 atom stereocenters. The molecule has 0 saturated carbocycles. The Hall–Kier alpha value is -3.76.